The molecule has 0 spiro atoms. The zero-order chi connectivity index (χ0) is 15.2. The average Bonchev–Trinajstić information content (AvgIpc) is 2.97. The van der Waals surface area contributed by atoms with Crippen molar-refractivity contribution >= 4 is 32.5 Å². The van der Waals surface area contributed by atoms with Crippen molar-refractivity contribution in [2.75, 3.05) is 11.5 Å². The third kappa shape index (κ3) is 2.52. The average molecular weight is 324 g/mol. The van der Waals surface area contributed by atoms with Gasteiger partial charge in [0, 0.05) is 0 Å². The molecule has 110 valence electrons. The van der Waals surface area contributed by atoms with Gasteiger partial charge in [-0.2, -0.15) is 5.26 Å². The Morgan fingerprint density at radius 3 is 2.86 bits per heavy atom. The van der Waals surface area contributed by atoms with E-state index in [1.54, 1.807) is 18.2 Å². The Bertz CT molecular complexity index is 849. The van der Waals surface area contributed by atoms with E-state index in [9.17, 15) is 8.42 Å². The highest BCUT2D eigenvalue weighted by molar-refractivity contribution is 7.91. The molecule has 0 radical (unpaired) electrons. The first-order valence-electron chi connectivity index (χ1n) is 6.68. The summed E-state index contributed by atoms with van der Waals surface area (Å²) in [5, 5.41) is 8.72. The van der Waals surface area contributed by atoms with Crippen molar-refractivity contribution in [3.05, 3.63) is 29.6 Å². The molecule has 3 rings (SSSR count). The number of imidazole rings is 1. The zero-order valence-electron chi connectivity index (χ0n) is 11.5. The highest BCUT2D eigenvalue weighted by Crippen LogP contribution is 2.33. The third-order valence-electron chi connectivity index (χ3n) is 3.78. The molecule has 0 amide bonds. The quantitative estimate of drug-likeness (QED) is 0.796. The first-order valence-corrected chi connectivity index (χ1v) is 8.93. The molecule has 1 aromatic heterocycles. The van der Waals surface area contributed by atoms with Crippen molar-refractivity contribution in [1.29, 1.82) is 5.26 Å². The van der Waals surface area contributed by atoms with Crippen molar-refractivity contribution in [3.63, 3.8) is 0 Å². The molecular formula is C14H14ClN3O2S. The fourth-order valence-electron chi connectivity index (χ4n) is 2.82. The number of hydrogen-bond donors (Lipinski definition) is 0. The summed E-state index contributed by atoms with van der Waals surface area (Å²) in [6.45, 7) is 1.81. The van der Waals surface area contributed by atoms with Crippen LogP contribution < -0.4 is 0 Å². The van der Waals surface area contributed by atoms with Crippen LogP contribution in [0.2, 0.25) is 0 Å². The number of nitriles is 1. The summed E-state index contributed by atoms with van der Waals surface area (Å²) < 4.78 is 25.4. The van der Waals surface area contributed by atoms with Gasteiger partial charge >= 0.3 is 0 Å². The van der Waals surface area contributed by atoms with E-state index in [0.717, 1.165) is 11.0 Å². The predicted octanol–water partition coefficient (Wildman–Crippen LogP) is 2.57. The zero-order valence-corrected chi connectivity index (χ0v) is 13.0. The van der Waals surface area contributed by atoms with Crippen molar-refractivity contribution in [3.8, 4) is 6.07 Å². The summed E-state index contributed by atoms with van der Waals surface area (Å²) in [5.41, 5.74) is 2.04. The van der Waals surface area contributed by atoms with E-state index in [-0.39, 0.29) is 22.9 Å². The van der Waals surface area contributed by atoms with Gasteiger partial charge in [0.05, 0.1) is 45.6 Å². The maximum atomic E-state index is 11.8. The molecule has 0 N–H and O–H groups in total. The molecule has 2 heterocycles. The van der Waals surface area contributed by atoms with Crippen molar-refractivity contribution in [1.82, 2.24) is 9.55 Å². The van der Waals surface area contributed by atoms with Crippen LogP contribution in [0.5, 0.6) is 0 Å². The van der Waals surface area contributed by atoms with E-state index >= 15 is 0 Å². The summed E-state index contributed by atoms with van der Waals surface area (Å²) >= 11 is 6.21. The minimum absolute atomic E-state index is 0.103. The molecule has 5 nitrogen and oxygen atoms in total. The summed E-state index contributed by atoms with van der Waals surface area (Å²) in [5.74, 6) is 0.945. The van der Waals surface area contributed by atoms with Crippen LogP contribution in [0.15, 0.2) is 18.2 Å². The van der Waals surface area contributed by atoms with Gasteiger partial charge < -0.3 is 4.57 Å². The molecule has 0 aliphatic carbocycles. The predicted molar refractivity (Wildman–Crippen MR) is 81.0 cm³/mol. The van der Waals surface area contributed by atoms with Crippen LogP contribution in [0, 0.1) is 11.3 Å². The Hall–Kier alpha value is -1.58. The first-order chi connectivity index (χ1) is 9.91. The Labute approximate surface area is 128 Å². The normalized spacial score (nSPS) is 22.2. The molecule has 0 bridgehead atoms. The third-order valence-corrected chi connectivity index (χ3v) is 5.72. The second-order valence-corrected chi connectivity index (χ2v) is 8.21. The fraction of sp³-hybridized carbons (Fsp3) is 0.429. The Balaban J connectivity index is 2.23. The summed E-state index contributed by atoms with van der Waals surface area (Å²) in [6.07, 6.45) is 0.557. The molecule has 2 aromatic rings. The maximum absolute atomic E-state index is 11.8. The number of sulfone groups is 1. The van der Waals surface area contributed by atoms with Crippen molar-refractivity contribution < 1.29 is 8.42 Å². The molecule has 1 saturated heterocycles. The largest absolute Gasteiger partial charge is 0.323 e. The highest BCUT2D eigenvalue weighted by Gasteiger charge is 2.32. The van der Waals surface area contributed by atoms with E-state index in [2.05, 4.69) is 11.1 Å². The van der Waals surface area contributed by atoms with Crippen LogP contribution in [-0.4, -0.2) is 29.5 Å². The number of fused-ring (bicyclic) bond motifs is 1. The van der Waals surface area contributed by atoms with Crippen LogP contribution in [0.4, 0.5) is 0 Å². The molecular weight excluding hydrogens is 310 g/mol. The van der Waals surface area contributed by atoms with Crippen molar-refractivity contribution in [2.45, 2.75) is 24.8 Å². The summed E-state index contributed by atoms with van der Waals surface area (Å²) in [6, 6.07) is 7.16. The van der Waals surface area contributed by atoms with Gasteiger partial charge in [0.2, 0.25) is 0 Å². The van der Waals surface area contributed by atoms with E-state index < -0.39 is 9.84 Å². The van der Waals surface area contributed by atoms with E-state index in [0.29, 0.717) is 17.8 Å². The number of halogens is 1. The molecule has 1 aromatic carbocycles. The van der Waals surface area contributed by atoms with E-state index in [1.165, 1.54) is 0 Å². The van der Waals surface area contributed by atoms with Crippen LogP contribution in [0.25, 0.3) is 11.0 Å². The lowest BCUT2D eigenvalue weighted by molar-refractivity contribution is 0.545. The van der Waals surface area contributed by atoms with E-state index in [4.69, 9.17) is 16.9 Å². The van der Waals surface area contributed by atoms with Gasteiger partial charge in [0.15, 0.2) is 9.84 Å². The number of alkyl halides is 1. The van der Waals surface area contributed by atoms with Crippen LogP contribution >= 0.6 is 11.6 Å². The molecule has 1 fully saturated rings. The number of rotatable bonds is 2. The Morgan fingerprint density at radius 2 is 2.29 bits per heavy atom. The minimum atomic E-state index is -3.00. The Kier molecular flexibility index (Phi) is 3.42. The minimum Gasteiger partial charge on any atom is -0.323 e. The molecule has 1 aliphatic rings. The lowest BCUT2D eigenvalue weighted by Gasteiger charge is -2.16. The SMILES string of the molecule is CC(Cl)c1nc2ccc(C#N)cc2n1C1CCS(=O)(=O)C1. The van der Waals surface area contributed by atoms with Crippen LogP contribution in [0.3, 0.4) is 0 Å². The van der Waals surface area contributed by atoms with Gasteiger partial charge in [0.25, 0.3) is 0 Å². The highest BCUT2D eigenvalue weighted by atomic mass is 35.5. The Morgan fingerprint density at radius 1 is 1.52 bits per heavy atom. The number of aromatic nitrogens is 2. The monoisotopic (exact) mass is 323 g/mol. The number of nitrogens with zero attached hydrogens (tertiary/aromatic N) is 3. The van der Waals surface area contributed by atoms with Gasteiger partial charge in [0.1, 0.15) is 5.82 Å². The molecule has 2 unspecified atom stereocenters. The molecule has 1 aliphatic heterocycles. The summed E-state index contributed by atoms with van der Waals surface area (Å²) in [7, 11) is -3.00. The van der Waals surface area contributed by atoms with Crippen LogP contribution in [-0.2, 0) is 9.84 Å². The fourth-order valence-corrected chi connectivity index (χ4v) is 4.68. The van der Waals surface area contributed by atoms with Crippen molar-refractivity contribution in [2.24, 2.45) is 0 Å². The van der Waals surface area contributed by atoms with Gasteiger partial charge in [-0.25, -0.2) is 13.4 Å². The van der Waals surface area contributed by atoms with Gasteiger partial charge in [-0.05, 0) is 31.5 Å². The van der Waals surface area contributed by atoms with Gasteiger partial charge in [-0.1, -0.05) is 0 Å². The van der Waals surface area contributed by atoms with E-state index in [1.807, 2.05) is 11.5 Å². The van der Waals surface area contributed by atoms with Crippen LogP contribution in [0.1, 0.15) is 36.2 Å². The standard InChI is InChI=1S/C14H14ClN3O2S/c1-9(15)14-17-12-3-2-10(7-16)6-13(12)18(14)11-4-5-21(19,20)8-11/h2-3,6,9,11H,4-5,8H2,1H3. The van der Waals surface area contributed by atoms with Gasteiger partial charge in [-0.15, -0.1) is 11.6 Å². The maximum Gasteiger partial charge on any atom is 0.152 e. The number of benzene rings is 1. The second kappa shape index (κ2) is 5.00. The molecule has 7 heteroatoms. The first kappa shape index (κ1) is 14.4. The smallest absolute Gasteiger partial charge is 0.152 e. The second-order valence-electron chi connectivity index (χ2n) is 5.33. The summed E-state index contributed by atoms with van der Waals surface area (Å²) in [4.78, 5) is 4.51. The molecule has 0 saturated carbocycles. The molecule has 21 heavy (non-hydrogen) atoms. The lowest BCUT2D eigenvalue weighted by Crippen LogP contribution is -2.14. The topological polar surface area (TPSA) is 75.8 Å². The lowest BCUT2D eigenvalue weighted by atomic mass is 10.2. The van der Waals surface area contributed by atoms with Gasteiger partial charge in [-0.3, -0.25) is 0 Å². The molecule has 2 atom stereocenters. The number of hydrogen-bond acceptors (Lipinski definition) is 4.